The summed E-state index contributed by atoms with van der Waals surface area (Å²) in [5.41, 5.74) is 1.94. The lowest BCUT2D eigenvalue weighted by Gasteiger charge is -2.31. The fraction of sp³-hybridized carbons (Fsp3) is 0.750. The van der Waals surface area contributed by atoms with Gasteiger partial charge in [0.2, 0.25) is 5.91 Å². The second-order valence-corrected chi connectivity index (χ2v) is 3.57. The molecule has 2 amide bonds. The van der Waals surface area contributed by atoms with E-state index in [-0.39, 0.29) is 25.9 Å². The summed E-state index contributed by atoms with van der Waals surface area (Å²) >= 11 is 0. The second kappa shape index (κ2) is 4.69. The number of halogens is 3. The summed E-state index contributed by atoms with van der Waals surface area (Å²) in [6.45, 7) is -0.146. The maximum Gasteiger partial charge on any atom is 0.471 e. The predicted octanol–water partition coefficient (Wildman–Crippen LogP) is -0.223. The van der Waals surface area contributed by atoms with Crippen molar-refractivity contribution in [2.75, 3.05) is 13.1 Å². The van der Waals surface area contributed by atoms with Crippen LogP contribution in [-0.4, -0.2) is 36.0 Å². The molecule has 0 unspecified atom stereocenters. The molecule has 3 N–H and O–H groups in total. The van der Waals surface area contributed by atoms with Gasteiger partial charge >= 0.3 is 12.1 Å². The van der Waals surface area contributed by atoms with E-state index in [0.29, 0.717) is 4.90 Å². The number of likely N-dealkylation sites (tertiary alicyclic amines) is 1. The molecule has 0 radical (unpaired) electrons. The van der Waals surface area contributed by atoms with Crippen molar-refractivity contribution in [3.8, 4) is 0 Å². The first-order valence-electron chi connectivity index (χ1n) is 4.73. The van der Waals surface area contributed by atoms with Crippen LogP contribution in [0.15, 0.2) is 0 Å². The molecule has 1 rings (SSSR count). The Kier molecular flexibility index (Phi) is 3.74. The third-order valence-corrected chi connectivity index (χ3v) is 2.54. The number of alkyl halides is 3. The van der Waals surface area contributed by atoms with E-state index < -0.39 is 23.9 Å². The lowest BCUT2D eigenvalue weighted by Crippen LogP contribution is -2.48. The summed E-state index contributed by atoms with van der Waals surface area (Å²) in [5.74, 6) is 2.24. The summed E-state index contributed by atoms with van der Waals surface area (Å²) in [6, 6.07) is 0. The monoisotopic (exact) mass is 239 g/mol. The Morgan fingerprint density at radius 2 is 1.75 bits per heavy atom. The molecule has 0 aliphatic carbocycles. The second-order valence-electron chi connectivity index (χ2n) is 3.57. The van der Waals surface area contributed by atoms with Crippen molar-refractivity contribution in [3.05, 3.63) is 0 Å². The first-order valence-corrected chi connectivity index (χ1v) is 4.73. The van der Waals surface area contributed by atoms with Crippen molar-refractivity contribution in [2.24, 2.45) is 11.8 Å². The van der Waals surface area contributed by atoms with Crippen LogP contribution in [-0.2, 0) is 9.59 Å². The van der Waals surface area contributed by atoms with Crippen molar-refractivity contribution in [1.82, 2.24) is 10.3 Å². The van der Waals surface area contributed by atoms with Gasteiger partial charge in [-0.3, -0.25) is 15.0 Å². The van der Waals surface area contributed by atoms with Gasteiger partial charge in [-0.05, 0) is 12.8 Å². The maximum atomic E-state index is 12.1. The predicted molar refractivity (Wildman–Crippen MR) is 47.7 cm³/mol. The van der Waals surface area contributed by atoms with Crippen LogP contribution in [0.1, 0.15) is 12.8 Å². The molecule has 0 atom stereocenters. The Hall–Kier alpha value is -1.31. The first-order chi connectivity index (χ1) is 7.36. The molecule has 1 heterocycles. The van der Waals surface area contributed by atoms with Gasteiger partial charge < -0.3 is 4.90 Å². The average Bonchev–Trinajstić information content (AvgIpc) is 2.26. The number of carbonyl (C=O) groups is 2. The van der Waals surface area contributed by atoms with Crippen LogP contribution in [0.3, 0.4) is 0 Å². The van der Waals surface area contributed by atoms with Crippen LogP contribution >= 0.6 is 0 Å². The number of piperidine rings is 1. The highest BCUT2D eigenvalue weighted by atomic mass is 19.4. The third-order valence-electron chi connectivity index (χ3n) is 2.54. The number of carbonyl (C=O) groups excluding carboxylic acids is 2. The minimum Gasteiger partial charge on any atom is -0.335 e. The smallest absolute Gasteiger partial charge is 0.335 e. The molecule has 0 spiro atoms. The molecule has 92 valence electrons. The van der Waals surface area contributed by atoms with Gasteiger partial charge in [-0.1, -0.05) is 0 Å². The number of nitrogens with one attached hydrogen (secondary N) is 1. The van der Waals surface area contributed by atoms with Gasteiger partial charge in [0, 0.05) is 19.0 Å². The molecule has 1 aliphatic rings. The van der Waals surface area contributed by atoms with Crippen LogP contribution in [0.25, 0.3) is 0 Å². The summed E-state index contributed by atoms with van der Waals surface area (Å²) in [4.78, 5) is 22.6. The quantitative estimate of drug-likeness (QED) is 0.377. The number of hydrogen-bond donors (Lipinski definition) is 2. The molecule has 1 aliphatic heterocycles. The lowest BCUT2D eigenvalue weighted by atomic mass is 9.96. The topological polar surface area (TPSA) is 75.4 Å². The van der Waals surface area contributed by atoms with Crippen molar-refractivity contribution < 1.29 is 22.8 Å². The largest absolute Gasteiger partial charge is 0.471 e. The number of rotatable bonds is 1. The normalized spacial score (nSPS) is 18.4. The Morgan fingerprint density at radius 1 is 1.25 bits per heavy atom. The van der Waals surface area contributed by atoms with Gasteiger partial charge in [0.25, 0.3) is 0 Å². The van der Waals surface area contributed by atoms with E-state index in [1.165, 1.54) is 0 Å². The van der Waals surface area contributed by atoms with Gasteiger partial charge in [-0.2, -0.15) is 13.2 Å². The zero-order chi connectivity index (χ0) is 12.3. The number of nitrogens with zero attached hydrogens (tertiary/aromatic N) is 1. The van der Waals surface area contributed by atoms with Crippen LogP contribution in [0.2, 0.25) is 0 Å². The first kappa shape index (κ1) is 12.8. The van der Waals surface area contributed by atoms with E-state index in [0.717, 1.165) is 0 Å². The minimum absolute atomic E-state index is 0.0730. The fourth-order valence-corrected chi connectivity index (χ4v) is 1.64. The van der Waals surface area contributed by atoms with Crippen molar-refractivity contribution in [1.29, 1.82) is 0 Å². The Labute approximate surface area is 89.7 Å². The van der Waals surface area contributed by atoms with E-state index in [2.05, 4.69) is 0 Å². The number of nitrogens with two attached hydrogens (primary N) is 1. The summed E-state index contributed by atoms with van der Waals surface area (Å²) < 4.78 is 36.2. The summed E-state index contributed by atoms with van der Waals surface area (Å²) in [7, 11) is 0. The van der Waals surface area contributed by atoms with Crippen molar-refractivity contribution >= 4 is 11.8 Å². The number of hydrazine groups is 1. The fourth-order valence-electron chi connectivity index (χ4n) is 1.64. The SMILES string of the molecule is NNC(=O)C1CCN(C(=O)C(F)(F)F)CC1. The molecule has 0 bridgehead atoms. The van der Waals surface area contributed by atoms with Crippen LogP contribution < -0.4 is 11.3 Å². The Bertz CT molecular complexity index is 285. The van der Waals surface area contributed by atoms with Gasteiger partial charge in [0.05, 0.1) is 0 Å². The molecule has 1 fully saturated rings. The van der Waals surface area contributed by atoms with Crippen LogP contribution in [0.5, 0.6) is 0 Å². The average molecular weight is 239 g/mol. The highest BCUT2D eigenvalue weighted by Crippen LogP contribution is 2.23. The third kappa shape index (κ3) is 2.84. The highest BCUT2D eigenvalue weighted by Gasteiger charge is 2.43. The molecule has 1 saturated heterocycles. The van der Waals surface area contributed by atoms with E-state index in [9.17, 15) is 22.8 Å². The highest BCUT2D eigenvalue weighted by molar-refractivity contribution is 5.82. The molecule has 0 aromatic carbocycles. The molecular formula is C8H12F3N3O2. The maximum absolute atomic E-state index is 12.1. The molecule has 5 nitrogen and oxygen atoms in total. The van der Waals surface area contributed by atoms with Gasteiger partial charge in [-0.25, -0.2) is 5.84 Å². The molecule has 0 aromatic rings. The van der Waals surface area contributed by atoms with Crippen LogP contribution in [0.4, 0.5) is 13.2 Å². The summed E-state index contributed by atoms with van der Waals surface area (Å²) in [5, 5.41) is 0. The Balaban J connectivity index is 2.49. The molecule has 0 aromatic heterocycles. The van der Waals surface area contributed by atoms with Crippen molar-refractivity contribution in [2.45, 2.75) is 19.0 Å². The number of amides is 2. The van der Waals surface area contributed by atoms with Gasteiger partial charge in [0.1, 0.15) is 0 Å². The van der Waals surface area contributed by atoms with E-state index >= 15 is 0 Å². The standard InChI is InChI=1S/C8H12F3N3O2/c9-8(10,11)7(16)14-3-1-5(2-4-14)6(15)13-12/h5H,1-4,12H2,(H,13,15). The lowest BCUT2D eigenvalue weighted by molar-refractivity contribution is -0.186. The zero-order valence-corrected chi connectivity index (χ0v) is 8.38. The molecule has 8 heteroatoms. The molecule has 0 saturated carbocycles. The van der Waals surface area contributed by atoms with E-state index in [4.69, 9.17) is 5.84 Å². The minimum atomic E-state index is -4.84. The van der Waals surface area contributed by atoms with Crippen LogP contribution in [0, 0.1) is 5.92 Å². The Morgan fingerprint density at radius 3 is 2.12 bits per heavy atom. The van der Waals surface area contributed by atoms with Crippen molar-refractivity contribution in [3.63, 3.8) is 0 Å². The molecule has 16 heavy (non-hydrogen) atoms. The zero-order valence-electron chi connectivity index (χ0n) is 8.38. The summed E-state index contributed by atoms with van der Waals surface area (Å²) in [6.07, 6.45) is -4.45. The number of hydrogen-bond acceptors (Lipinski definition) is 3. The van der Waals surface area contributed by atoms with E-state index in [1.807, 2.05) is 5.43 Å². The van der Waals surface area contributed by atoms with Gasteiger partial charge in [0.15, 0.2) is 0 Å². The van der Waals surface area contributed by atoms with Gasteiger partial charge in [-0.15, -0.1) is 0 Å². The van der Waals surface area contributed by atoms with E-state index in [1.54, 1.807) is 0 Å². The molecular weight excluding hydrogens is 227 g/mol.